The van der Waals surface area contributed by atoms with Crippen LogP contribution in [-0.4, -0.2) is 66.8 Å². The summed E-state index contributed by atoms with van der Waals surface area (Å²) in [6.45, 7) is 5.24. The van der Waals surface area contributed by atoms with Gasteiger partial charge in [0.25, 0.3) is 0 Å². The fourth-order valence-corrected chi connectivity index (χ4v) is 3.35. The minimum Gasteiger partial charge on any atom is -0.491 e. The van der Waals surface area contributed by atoms with Gasteiger partial charge >= 0.3 is 0 Å². The zero-order chi connectivity index (χ0) is 22.5. The van der Waals surface area contributed by atoms with Crippen LogP contribution in [0.15, 0.2) is 36.5 Å². The van der Waals surface area contributed by atoms with Gasteiger partial charge in [-0.1, -0.05) is 12.1 Å². The summed E-state index contributed by atoms with van der Waals surface area (Å²) in [4.78, 5) is 4.90. The van der Waals surface area contributed by atoms with E-state index in [1.807, 2.05) is 41.2 Å². The van der Waals surface area contributed by atoms with Crippen molar-refractivity contribution in [3.8, 4) is 17.0 Å². The third-order valence-corrected chi connectivity index (χ3v) is 4.90. The highest BCUT2D eigenvalue weighted by atomic mass is 16.5. The zero-order valence-corrected chi connectivity index (χ0v) is 18.3. The molecule has 0 aliphatic carbocycles. The lowest BCUT2D eigenvalue weighted by Crippen LogP contribution is -2.29. The molecule has 168 valence electrons. The van der Waals surface area contributed by atoms with Gasteiger partial charge in [0.2, 0.25) is 0 Å². The van der Waals surface area contributed by atoms with Crippen LogP contribution in [0.1, 0.15) is 25.7 Å². The molecule has 3 heterocycles. The van der Waals surface area contributed by atoms with Gasteiger partial charge in [-0.05, 0) is 49.5 Å². The number of pyridine rings is 1. The fourth-order valence-electron chi connectivity index (χ4n) is 3.35. The van der Waals surface area contributed by atoms with Gasteiger partial charge in [-0.2, -0.15) is 5.10 Å². The van der Waals surface area contributed by atoms with Crippen molar-refractivity contribution >= 4 is 16.7 Å². The Hall–Kier alpha value is -3.57. The van der Waals surface area contributed by atoms with Crippen molar-refractivity contribution in [2.24, 2.45) is 0 Å². The molecule has 0 saturated heterocycles. The number of nitrogens with zero attached hydrogens (tertiary/aromatic N) is 6. The monoisotopic (exact) mass is 437 g/mol. The van der Waals surface area contributed by atoms with Gasteiger partial charge in [-0.3, -0.25) is 0 Å². The van der Waals surface area contributed by atoms with Crippen molar-refractivity contribution in [1.29, 1.82) is 0 Å². The van der Waals surface area contributed by atoms with Crippen molar-refractivity contribution in [1.82, 2.24) is 40.7 Å². The molecule has 1 atom stereocenters. The summed E-state index contributed by atoms with van der Waals surface area (Å²) < 4.78 is 7.66. The Morgan fingerprint density at radius 1 is 1.25 bits per heavy atom. The first-order valence-corrected chi connectivity index (χ1v) is 10.5. The Balaban J connectivity index is 1.67. The van der Waals surface area contributed by atoms with Gasteiger partial charge in [0.15, 0.2) is 11.5 Å². The van der Waals surface area contributed by atoms with Crippen LogP contribution in [0.4, 0.5) is 5.69 Å². The van der Waals surface area contributed by atoms with Crippen LogP contribution in [-0.2, 0) is 6.54 Å². The number of aliphatic hydroxyl groups excluding tert-OH is 1. The van der Waals surface area contributed by atoms with Crippen LogP contribution in [0.2, 0.25) is 0 Å². The van der Waals surface area contributed by atoms with E-state index >= 15 is 0 Å². The van der Waals surface area contributed by atoms with Crippen molar-refractivity contribution in [3.63, 3.8) is 0 Å². The lowest BCUT2D eigenvalue weighted by atomic mass is 10.1. The second-order valence-corrected chi connectivity index (χ2v) is 7.73. The largest absolute Gasteiger partial charge is 0.491 e. The molecule has 11 heteroatoms. The predicted octanol–water partition coefficient (Wildman–Crippen LogP) is 1.76. The van der Waals surface area contributed by atoms with Gasteiger partial charge < -0.3 is 20.5 Å². The molecular weight excluding hydrogens is 410 g/mol. The molecule has 4 rings (SSSR count). The lowest BCUT2D eigenvalue weighted by molar-refractivity contribution is 0.108. The molecule has 3 aromatic heterocycles. The summed E-state index contributed by atoms with van der Waals surface area (Å²) in [6, 6.07) is 9.81. The number of H-pyrrole nitrogens is 1. The maximum absolute atomic E-state index is 9.91. The number of aliphatic hydroxyl groups is 1. The van der Waals surface area contributed by atoms with Crippen molar-refractivity contribution in [2.45, 2.75) is 32.5 Å². The number of hydrogen-bond donors (Lipinski definition) is 4. The average Bonchev–Trinajstić information content (AvgIpc) is 3.46. The highest BCUT2D eigenvalue weighted by Gasteiger charge is 2.15. The van der Waals surface area contributed by atoms with Crippen LogP contribution >= 0.6 is 0 Å². The predicted molar refractivity (Wildman–Crippen MR) is 120 cm³/mol. The first-order chi connectivity index (χ1) is 15.5. The summed E-state index contributed by atoms with van der Waals surface area (Å²) >= 11 is 0. The third-order valence-electron chi connectivity index (χ3n) is 4.90. The number of nitrogens with one attached hydrogen (secondary N) is 3. The molecule has 4 N–H and O–H groups in total. The second-order valence-electron chi connectivity index (χ2n) is 7.73. The van der Waals surface area contributed by atoms with E-state index in [0.29, 0.717) is 24.7 Å². The topological polar surface area (TPSA) is 139 Å². The van der Waals surface area contributed by atoms with Gasteiger partial charge in [-0.25, -0.2) is 14.8 Å². The van der Waals surface area contributed by atoms with Gasteiger partial charge in [-0.15, -0.1) is 5.10 Å². The van der Waals surface area contributed by atoms with Crippen molar-refractivity contribution < 1.29 is 9.84 Å². The molecule has 1 aromatic carbocycles. The second kappa shape index (κ2) is 9.71. The number of anilines is 1. The summed E-state index contributed by atoms with van der Waals surface area (Å²) in [5.74, 6) is 1.29. The number of tetrazole rings is 1. The molecule has 11 nitrogen and oxygen atoms in total. The minimum absolute atomic E-state index is 0.157. The SMILES string of the molecule is CNCC(O)COc1cccc(-c2cc(NCc3nnn[nH]3)c3cnn(C(C)C)c3n2)c1. The molecular formula is C21H27N9O2. The Morgan fingerprint density at radius 3 is 2.88 bits per heavy atom. The van der Waals surface area contributed by atoms with E-state index in [-0.39, 0.29) is 12.6 Å². The van der Waals surface area contributed by atoms with Gasteiger partial charge in [0, 0.05) is 23.8 Å². The van der Waals surface area contributed by atoms with E-state index in [1.54, 1.807) is 7.05 Å². The number of rotatable bonds is 10. The van der Waals surface area contributed by atoms with Gasteiger partial charge in [0.05, 0.1) is 23.8 Å². The summed E-state index contributed by atoms with van der Waals surface area (Å²) in [7, 11) is 1.79. The first-order valence-electron chi connectivity index (χ1n) is 10.5. The maximum Gasteiger partial charge on any atom is 0.167 e. The normalized spacial score (nSPS) is 12.4. The molecule has 1 unspecified atom stereocenters. The number of benzene rings is 1. The van der Waals surface area contributed by atoms with Crippen LogP contribution in [0, 0.1) is 0 Å². The van der Waals surface area contributed by atoms with E-state index in [0.717, 1.165) is 28.0 Å². The quantitative estimate of drug-likeness (QED) is 0.292. The van der Waals surface area contributed by atoms with Crippen LogP contribution in [0.25, 0.3) is 22.3 Å². The average molecular weight is 438 g/mol. The highest BCUT2D eigenvalue weighted by Crippen LogP contribution is 2.31. The molecule has 0 aliphatic heterocycles. The highest BCUT2D eigenvalue weighted by molar-refractivity contribution is 5.91. The number of fused-ring (bicyclic) bond motifs is 1. The molecule has 0 spiro atoms. The number of hydrogen-bond acceptors (Lipinski definition) is 9. The molecule has 0 amide bonds. The van der Waals surface area contributed by atoms with E-state index in [4.69, 9.17) is 9.72 Å². The molecule has 32 heavy (non-hydrogen) atoms. The number of ether oxygens (including phenoxy) is 1. The van der Waals surface area contributed by atoms with Crippen molar-refractivity contribution in [3.05, 3.63) is 42.4 Å². The summed E-state index contributed by atoms with van der Waals surface area (Å²) in [5, 5.41) is 35.6. The standard InChI is InChI=1S/C21H27N9O2/c1-13(2)30-21-17(10-24-30)19(23-11-20-26-28-29-27-20)8-18(25-21)14-5-4-6-16(7-14)32-12-15(31)9-22-3/h4-8,10,13,15,22,31H,9,11-12H2,1-3H3,(H,23,25)(H,26,27,28,29). The van der Waals surface area contributed by atoms with E-state index < -0.39 is 6.10 Å². The summed E-state index contributed by atoms with van der Waals surface area (Å²) in [5.41, 5.74) is 3.34. The minimum atomic E-state index is -0.583. The van der Waals surface area contributed by atoms with Crippen LogP contribution in [0.3, 0.4) is 0 Å². The van der Waals surface area contributed by atoms with Gasteiger partial charge in [0.1, 0.15) is 18.5 Å². The smallest absolute Gasteiger partial charge is 0.167 e. The van der Waals surface area contributed by atoms with E-state index in [2.05, 4.69) is 50.2 Å². The first kappa shape index (κ1) is 21.7. The summed E-state index contributed by atoms with van der Waals surface area (Å²) in [6.07, 6.45) is 1.23. The number of aromatic amines is 1. The van der Waals surface area contributed by atoms with Crippen LogP contribution in [0.5, 0.6) is 5.75 Å². The fraction of sp³-hybridized carbons (Fsp3) is 0.381. The zero-order valence-electron chi connectivity index (χ0n) is 18.3. The number of likely N-dealkylation sites (N-methyl/N-ethyl adjacent to an activating group) is 1. The molecule has 4 aromatic rings. The Kier molecular flexibility index (Phi) is 6.57. The molecule has 0 saturated carbocycles. The number of aromatic nitrogens is 7. The van der Waals surface area contributed by atoms with Crippen LogP contribution < -0.4 is 15.4 Å². The Labute approximate surface area is 185 Å². The molecule has 0 aliphatic rings. The third kappa shape index (κ3) is 4.84. The van der Waals surface area contributed by atoms with Crippen molar-refractivity contribution in [2.75, 3.05) is 25.5 Å². The van der Waals surface area contributed by atoms with E-state index in [9.17, 15) is 5.11 Å². The van der Waals surface area contributed by atoms with E-state index in [1.165, 1.54) is 0 Å². The molecule has 0 fully saturated rings. The molecule has 0 radical (unpaired) electrons. The molecule has 0 bridgehead atoms. The maximum atomic E-state index is 9.91. The Bertz CT molecular complexity index is 1160. The lowest BCUT2D eigenvalue weighted by Gasteiger charge is -2.14. The Morgan fingerprint density at radius 2 is 2.12 bits per heavy atom.